The molecule has 4 nitrogen and oxygen atoms in total. The Balaban J connectivity index is 2.73. The predicted molar refractivity (Wildman–Crippen MR) is 57.2 cm³/mol. The van der Waals surface area contributed by atoms with Gasteiger partial charge < -0.3 is 10.2 Å². The minimum absolute atomic E-state index is 0.120. The van der Waals surface area contributed by atoms with Crippen LogP contribution in [0.5, 0.6) is 0 Å². The van der Waals surface area contributed by atoms with Gasteiger partial charge in [-0.3, -0.25) is 4.21 Å². The van der Waals surface area contributed by atoms with E-state index in [4.69, 9.17) is 10.2 Å². The minimum atomic E-state index is -1.14. The van der Waals surface area contributed by atoms with Crippen molar-refractivity contribution in [2.45, 2.75) is 5.75 Å². The molecule has 82 valence electrons. The SMILES string of the molecule is O=C(O)c1cccc(CS(=O)CCO)c1. The molecule has 0 spiro atoms. The molecule has 2 N–H and O–H groups in total. The Hall–Kier alpha value is -1.20. The molecule has 0 amide bonds. The number of rotatable bonds is 5. The third kappa shape index (κ3) is 3.81. The third-order valence-corrected chi connectivity index (χ3v) is 3.11. The van der Waals surface area contributed by atoms with Crippen molar-refractivity contribution in [1.29, 1.82) is 0 Å². The molecule has 0 radical (unpaired) electrons. The van der Waals surface area contributed by atoms with Crippen LogP contribution in [0.4, 0.5) is 0 Å². The third-order valence-electron chi connectivity index (χ3n) is 1.82. The lowest BCUT2D eigenvalue weighted by Gasteiger charge is -2.02. The van der Waals surface area contributed by atoms with E-state index in [1.807, 2.05) is 0 Å². The van der Waals surface area contributed by atoms with E-state index in [9.17, 15) is 9.00 Å². The van der Waals surface area contributed by atoms with Crippen molar-refractivity contribution in [3.63, 3.8) is 0 Å². The lowest BCUT2D eigenvalue weighted by atomic mass is 10.1. The summed E-state index contributed by atoms with van der Waals surface area (Å²) >= 11 is 0. The van der Waals surface area contributed by atoms with E-state index in [-0.39, 0.29) is 23.7 Å². The zero-order chi connectivity index (χ0) is 11.3. The second kappa shape index (κ2) is 5.63. The number of carboxylic acid groups (broad SMARTS) is 1. The molecule has 0 aromatic heterocycles. The van der Waals surface area contributed by atoms with Crippen LogP contribution in [0.2, 0.25) is 0 Å². The van der Waals surface area contributed by atoms with Gasteiger partial charge in [0.05, 0.1) is 12.2 Å². The lowest BCUT2D eigenvalue weighted by Crippen LogP contribution is -2.05. The van der Waals surface area contributed by atoms with E-state index in [0.717, 1.165) is 0 Å². The highest BCUT2D eigenvalue weighted by Gasteiger charge is 2.05. The largest absolute Gasteiger partial charge is 0.478 e. The summed E-state index contributed by atoms with van der Waals surface area (Å²) in [6.07, 6.45) is 0. The first-order chi connectivity index (χ1) is 7.13. The van der Waals surface area contributed by atoms with Gasteiger partial charge >= 0.3 is 5.97 Å². The minimum Gasteiger partial charge on any atom is -0.478 e. The molecule has 0 saturated carbocycles. The van der Waals surface area contributed by atoms with Crippen molar-refractivity contribution in [2.24, 2.45) is 0 Å². The molecular weight excluding hydrogens is 216 g/mol. The van der Waals surface area contributed by atoms with Gasteiger partial charge in [-0.25, -0.2) is 4.79 Å². The predicted octanol–water partition coefficient (Wildman–Crippen LogP) is 0.626. The Morgan fingerprint density at radius 2 is 2.13 bits per heavy atom. The van der Waals surface area contributed by atoms with Crippen LogP contribution >= 0.6 is 0 Å². The summed E-state index contributed by atoms with van der Waals surface area (Å²) in [5.41, 5.74) is 0.898. The number of hydrogen-bond acceptors (Lipinski definition) is 3. The molecule has 1 atom stereocenters. The zero-order valence-electron chi connectivity index (χ0n) is 8.05. The highest BCUT2D eigenvalue weighted by molar-refractivity contribution is 7.84. The van der Waals surface area contributed by atoms with Crippen LogP contribution in [0, 0.1) is 0 Å². The number of carbonyl (C=O) groups is 1. The average Bonchev–Trinajstić information content (AvgIpc) is 2.18. The van der Waals surface area contributed by atoms with Crippen LogP contribution in [-0.2, 0) is 16.6 Å². The van der Waals surface area contributed by atoms with Gasteiger partial charge in [0.15, 0.2) is 0 Å². The molecule has 1 unspecified atom stereocenters. The number of aromatic carboxylic acids is 1. The van der Waals surface area contributed by atoms with Gasteiger partial charge in [-0.15, -0.1) is 0 Å². The number of hydrogen-bond donors (Lipinski definition) is 2. The van der Waals surface area contributed by atoms with Gasteiger partial charge in [-0.2, -0.15) is 0 Å². The highest BCUT2D eigenvalue weighted by atomic mass is 32.2. The maximum absolute atomic E-state index is 11.3. The molecule has 0 bridgehead atoms. The number of benzene rings is 1. The fourth-order valence-electron chi connectivity index (χ4n) is 1.15. The number of aliphatic hydroxyl groups is 1. The molecular formula is C10H12O4S. The standard InChI is InChI=1S/C10H12O4S/c11-4-5-15(14)7-8-2-1-3-9(6-8)10(12)13/h1-3,6,11H,4-5,7H2,(H,12,13). The molecule has 0 aliphatic heterocycles. The maximum Gasteiger partial charge on any atom is 0.335 e. The van der Waals surface area contributed by atoms with Crippen molar-refractivity contribution in [3.05, 3.63) is 35.4 Å². The summed E-state index contributed by atoms with van der Waals surface area (Å²) < 4.78 is 11.3. The number of aliphatic hydroxyl groups excluding tert-OH is 1. The summed E-state index contributed by atoms with van der Waals surface area (Å²) in [5.74, 6) is -0.497. The molecule has 1 aromatic rings. The van der Waals surface area contributed by atoms with Crippen LogP contribution in [0.15, 0.2) is 24.3 Å². The van der Waals surface area contributed by atoms with Crippen molar-refractivity contribution in [2.75, 3.05) is 12.4 Å². The fourth-order valence-corrected chi connectivity index (χ4v) is 2.05. The Morgan fingerprint density at radius 1 is 1.40 bits per heavy atom. The summed E-state index contributed by atoms with van der Waals surface area (Å²) in [6.45, 7) is -0.120. The quantitative estimate of drug-likeness (QED) is 0.775. The molecule has 1 aromatic carbocycles. The lowest BCUT2D eigenvalue weighted by molar-refractivity contribution is 0.0696. The smallest absolute Gasteiger partial charge is 0.335 e. The van der Waals surface area contributed by atoms with E-state index in [1.54, 1.807) is 12.1 Å². The summed E-state index contributed by atoms with van der Waals surface area (Å²) in [6, 6.07) is 6.33. The highest BCUT2D eigenvalue weighted by Crippen LogP contribution is 2.07. The fraction of sp³-hybridized carbons (Fsp3) is 0.300. The van der Waals surface area contributed by atoms with E-state index in [1.165, 1.54) is 12.1 Å². The molecule has 0 heterocycles. The first kappa shape index (κ1) is 11.9. The van der Waals surface area contributed by atoms with Crippen LogP contribution < -0.4 is 0 Å². The van der Waals surface area contributed by atoms with Crippen LogP contribution in [-0.4, -0.2) is 32.8 Å². The van der Waals surface area contributed by atoms with Gasteiger partial charge in [-0.1, -0.05) is 12.1 Å². The van der Waals surface area contributed by atoms with E-state index in [0.29, 0.717) is 5.56 Å². The average molecular weight is 228 g/mol. The van der Waals surface area contributed by atoms with Gasteiger partial charge in [0.2, 0.25) is 0 Å². The van der Waals surface area contributed by atoms with Crippen LogP contribution in [0.3, 0.4) is 0 Å². The van der Waals surface area contributed by atoms with Gasteiger partial charge in [0.1, 0.15) is 0 Å². The topological polar surface area (TPSA) is 74.6 Å². The molecule has 0 fully saturated rings. The normalized spacial score (nSPS) is 12.3. The van der Waals surface area contributed by atoms with Crippen molar-refractivity contribution in [1.82, 2.24) is 0 Å². The Kier molecular flexibility index (Phi) is 4.45. The molecule has 15 heavy (non-hydrogen) atoms. The van der Waals surface area contributed by atoms with Crippen molar-refractivity contribution in [3.8, 4) is 0 Å². The van der Waals surface area contributed by atoms with Gasteiger partial charge in [0.25, 0.3) is 0 Å². The Morgan fingerprint density at radius 3 is 2.73 bits per heavy atom. The second-order valence-corrected chi connectivity index (χ2v) is 4.59. The molecule has 5 heteroatoms. The first-order valence-electron chi connectivity index (χ1n) is 4.41. The number of carboxylic acids is 1. The van der Waals surface area contributed by atoms with Crippen LogP contribution in [0.1, 0.15) is 15.9 Å². The van der Waals surface area contributed by atoms with E-state index in [2.05, 4.69) is 0 Å². The van der Waals surface area contributed by atoms with Crippen molar-refractivity contribution < 1.29 is 19.2 Å². The van der Waals surface area contributed by atoms with Crippen molar-refractivity contribution >= 4 is 16.8 Å². The molecule has 1 rings (SSSR count). The van der Waals surface area contributed by atoms with E-state index < -0.39 is 16.8 Å². The zero-order valence-corrected chi connectivity index (χ0v) is 8.87. The first-order valence-corrected chi connectivity index (χ1v) is 5.90. The maximum atomic E-state index is 11.3. The molecule has 0 aliphatic carbocycles. The summed E-state index contributed by atoms with van der Waals surface area (Å²) in [5, 5.41) is 17.3. The summed E-state index contributed by atoms with van der Waals surface area (Å²) in [4.78, 5) is 10.6. The van der Waals surface area contributed by atoms with Gasteiger partial charge in [0, 0.05) is 22.3 Å². The summed E-state index contributed by atoms with van der Waals surface area (Å²) in [7, 11) is -1.14. The van der Waals surface area contributed by atoms with Crippen LogP contribution in [0.25, 0.3) is 0 Å². The Bertz CT molecular complexity index is 375. The Labute approximate surface area is 90.0 Å². The second-order valence-electron chi connectivity index (χ2n) is 3.02. The van der Waals surface area contributed by atoms with E-state index >= 15 is 0 Å². The van der Waals surface area contributed by atoms with Gasteiger partial charge in [-0.05, 0) is 17.7 Å². The molecule has 0 saturated heterocycles. The monoisotopic (exact) mass is 228 g/mol. The molecule has 0 aliphatic rings.